The van der Waals surface area contributed by atoms with E-state index in [0.717, 1.165) is 30.0 Å². The summed E-state index contributed by atoms with van der Waals surface area (Å²) in [6.45, 7) is 2.38. The fourth-order valence-corrected chi connectivity index (χ4v) is 2.92. The van der Waals surface area contributed by atoms with Crippen molar-refractivity contribution in [1.29, 1.82) is 0 Å². The number of hydrogen-bond acceptors (Lipinski definition) is 1. The molecule has 1 heterocycles. The van der Waals surface area contributed by atoms with Crippen LogP contribution >= 0.6 is 0 Å². The number of epoxide rings is 1. The predicted molar refractivity (Wildman–Crippen MR) is 34.0 cm³/mol. The molecule has 0 N–H and O–H groups in total. The number of hydrogen-bond donors (Lipinski definition) is 0. The summed E-state index contributed by atoms with van der Waals surface area (Å²) in [7, 11) is 0. The molecule has 9 heavy (non-hydrogen) atoms. The molecule has 1 heteroatoms. The van der Waals surface area contributed by atoms with E-state index >= 15 is 0 Å². The molecule has 50 valence electrons. The van der Waals surface area contributed by atoms with Gasteiger partial charge in [-0.3, -0.25) is 0 Å². The zero-order valence-corrected chi connectivity index (χ0v) is 5.71. The molecule has 1 aliphatic heterocycles. The minimum absolute atomic E-state index is 0.721. The van der Waals surface area contributed by atoms with Crippen molar-refractivity contribution in [3.63, 3.8) is 0 Å². The largest absolute Gasteiger partial charge is 0.369 e. The maximum atomic E-state index is 5.51. The molecule has 3 rings (SSSR count). The van der Waals surface area contributed by atoms with Gasteiger partial charge in [-0.1, -0.05) is 6.92 Å². The van der Waals surface area contributed by atoms with E-state index in [1.54, 1.807) is 0 Å². The van der Waals surface area contributed by atoms with Crippen LogP contribution in [0.1, 0.15) is 19.8 Å². The minimum atomic E-state index is 0.721. The van der Waals surface area contributed by atoms with Crippen molar-refractivity contribution in [3.8, 4) is 0 Å². The van der Waals surface area contributed by atoms with Gasteiger partial charge in [0.25, 0.3) is 0 Å². The van der Waals surface area contributed by atoms with E-state index in [-0.39, 0.29) is 0 Å². The Kier molecular flexibility index (Phi) is 0.628. The first kappa shape index (κ1) is 4.73. The van der Waals surface area contributed by atoms with Crippen LogP contribution in [-0.4, -0.2) is 12.2 Å². The van der Waals surface area contributed by atoms with Crippen LogP contribution in [0.5, 0.6) is 0 Å². The van der Waals surface area contributed by atoms with Crippen molar-refractivity contribution in [2.24, 2.45) is 17.8 Å². The number of fused-ring (bicyclic) bond motifs is 5. The van der Waals surface area contributed by atoms with Crippen LogP contribution in [0.25, 0.3) is 0 Å². The van der Waals surface area contributed by atoms with Crippen LogP contribution < -0.4 is 0 Å². The van der Waals surface area contributed by atoms with Gasteiger partial charge in [-0.2, -0.15) is 0 Å². The third-order valence-electron chi connectivity index (χ3n) is 3.43. The van der Waals surface area contributed by atoms with Gasteiger partial charge in [0, 0.05) is 0 Å². The standard InChI is InChI=1S/C8H12O/c1-4-2-5-3-6(4)8-7(5)9-8/h4-8H,2-3H2,1H3/t4-,5?,6?,7?,8?/m0/s1. The summed E-state index contributed by atoms with van der Waals surface area (Å²) in [5.74, 6) is 2.90. The topological polar surface area (TPSA) is 12.5 Å². The van der Waals surface area contributed by atoms with Gasteiger partial charge in [0.2, 0.25) is 0 Å². The molecule has 3 fully saturated rings. The van der Waals surface area contributed by atoms with Gasteiger partial charge in [-0.25, -0.2) is 0 Å². The third kappa shape index (κ3) is 0.420. The minimum Gasteiger partial charge on any atom is -0.369 e. The van der Waals surface area contributed by atoms with Gasteiger partial charge in [0.1, 0.15) is 0 Å². The van der Waals surface area contributed by atoms with Crippen LogP contribution in [0, 0.1) is 17.8 Å². The zero-order valence-electron chi connectivity index (χ0n) is 5.71. The second kappa shape index (κ2) is 1.20. The Morgan fingerprint density at radius 3 is 2.67 bits per heavy atom. The Bertz CT molecular complexity index is 151. The second-order valence-electron chi connectivity index (χ2n) is 3.94. The fourth-order valence-electron chi connectivity index (χ4n) is 2.92. The van der Waals surface area contributed by atoms with Crippen LogP contribution in [0.3, 0.4) is 0 Å². The highest BCUT2D eigenvalue weighted by Gasteiger charge is 2.61. The molecule has 1 nitrogen and oxygen atoms in total. The molecule has 1 saturated heterocycles. The lowest BCUT2D eigenvalue weighted by molar-refractivity contribution is 0.254. The van der Waals surface area contributed by atoms with Crippen LogP contribution in [0.4, 0.5) is 0 Å². The average molecular weight is 124 g/mol. The molecule has 2 aliphatic carbocycles. The van der Waals surface area contributed by atoms with Crippen molar-refractivity contribution in [3.05, 3.63) is 0 Å². The molecule has 0 aromatic carbocycles. The molecule has 0 amide bonds. The van der Waals surface area contributed by atoms with Gasteiger partial charge < -0.3 is 4.74 Å². The summed E-state index contributed by atoms with van der Waals surface area (Å²) in [6.07, 6.45) is 4.38. The Balaban J connectivity index is 1.96. The van der Waals surface area contributed by atoms with E-state index in [0.29, 0.717) is 0 Å². The summed E-state index contributed by atoms with van der Waals surface area (Å²) < 4.78 is 5.51. The normalized spacial score (nSPS) is 68.3. The summed E-state index contributed by atoms with van der Waals surface area (Å²) in [5, 5.41) is 0. The van der Waals surface area contributed by atoms with Gasteiger partial charge in [-0.05, 0) is 30.6 Å². The molecular formula is C8H12O. The predicted octanol–water partition coefficient (Wildman–Crippen LogP) is 1.43. The van der Waals surface area contributed by atoms with Gasteiger partial charge in [0.05, 0.1) is 12.2 Å². The molecule has 0 spiro atoms. The molecule has 0 aromatic heterocycles. The van der Waals surface area contributed by atoms with E-state index in [2.05, 4.69) is 6.92 Å². The molecule has 5 atom stereocenters. The lowest BCUT2D eigenvalue weighted by Gasteiger charge is -2.11. The Hall–Kier alpha value is -0.0400. The van der Waals surface area contributed by atoms with Gasteiger partial charge >= 0.3 is 0 Å². The second-order valence-corrected chi connectivity index (χ2v) is 3.94. The van der Waals surface area contributed by atoms with E-state index in [9.17, 15) is 0 Å². The zero-order chi connectivity index (χ0) is 6.01. The van der Waals surface area contributed by atoms with Crippen LogP contribution in [0.2, 0.25) is 0 Å². The maximum absolute atomic E-state index is 5.51. The van der Waals surface area contributed by atoms with Crippen LogP contribution in [-0.2, 0) is 4.74 Å². The summed E-state index contributed by atoms with van der Waals surface area (Å²) >= 11 is 0. The number of rotatable bonds is 0. The smallest absolute Gasteiger partial charge is 0.0875 e. The molecule has 0 aromatic rings. The van der Waals surface area contributed by atoms with Crippen molar-refractivity contribution < 1.29 is 4.74 Å². The highest BCUT2D eigenvalue weighted by atomic mass is 16.6. The molecule has 2 bridgehead atoms. The molecule has 0 radical (unpaired) electrons. The first-order valence-electron chi connectivity index (χ1n) is 4.02. The van der Waals surface area contributed by atoms with Gasteiger partial charge in [-0.15, -0.1) is 0 Å². The van der Waals surface area contributed by atoms with Crippen molar-refractivity contribution in [2.75, 3.05) is 0 Å². The summed E-state index contributed by atoms with van der Waals surface area (Å²) in [6, 6.07) is 0. The lowest BCUT2D eigenvalue weighted by atomic mass is 9.91. The quantitative estimate of drug-likeness (QED) is 0.445. The Morgan fingerprint density at radius 1 is 1.22 bits per heavy atom. The monoisotopic (exact) mass is 124 g/mol. The molecular weight excluding hydrogens is 112 g/mol. The first-order valence-corrected chi connectivity index (χ1v) is 4.02. The van der Waals surface area contributed by atoms with Crippen LogP contribution in [0.15, 0.2) is 0 Å². The van der Waals surface area contributed by atoms with E-state index in [4.69, 9.17) is 4.74 Å². The fraction of sp³-hybridized carbons (Fsp3) is 1.00. The highest BCUT2D eigenvalue weighted by Crippen LogP contribution is 2.58. The molecule has 4 unspecified atom stereocenters. The van der Waals surface area contributed by atoms with Crippen molar-refractivity contribution in [1.82, 2.24) is 0 Å². The maximum Gasteiger partial charge on any atom is 0.0875 e. The lowest BCUT2D eigenvalue weighted by Crippen LogP contribution is -2.14. The number of ether oxygens (including phenoxy) is 1. The average Bonchev–Trinajstić information content (AvgIpc) is 2.46. The summed E-state index contributed by atoms with van der Waals surface area (Å²) in [4.78, 5) is 0. The van der Waals surface area contributed by atoms with Gasteiger partial charge in [0.15, 0.2) is 0 Å². The van der Waals surface area contributed by atoms with E-state index in [1.807, 2.05) is 0 Å². The SMILES string of the molecule is C[C@H]1CC2CC1C1OC21. The van der Waals surface area contributed by atoms with Crippen molar-refractivity contribution >= 4 is 0 Å². The Labute approximate surface area is 55.4 Å². The van der Waals surface area contributed by atoms with E-state index in [1.165, 1.54) is 12.8 Å². The van der Waals surface area contributed by atoms with Crippen molar-refractivity contribution in [2.45, 2.75) is 32.0 Å². The molecule has 3 aliphatic rings. The first-order chi connectivity index (χ1) is 4.36. The Morgan fingerprint density at radius 2 is 2.11 bits per heavy atom. The van der Waals surface area contributed by atoms with E-state index < -0.39 is 0 Å². The molecule has 2 saturated carbocycles. The highest BCUT2D eigenvalue weighted by molar-refractivity contribution is 5.09. The third-order valence-corrected chi connectivity index (χ3v) is 3.43. The summed E-state index contributed by atoms with van der Waals surface area (Å²) in [5.41, 5.74) is 0.